The van der Waals surface area contributed by atoms with Crippen LogP contribution in [0.1, 0.15) is 24.7 Å². The SMILES string of the molecule is CCn1nnc2c1CC(C#N)CC2. The van der Waals surface area contributed by atoms with Crippen molar-refractivity contribution in [1.29, 1.82) is 5.26 Å². The van der Waals surface area contributed by atoms with Crippen LogP contribution in [0.15, 0.2) is 0 Å². The summed E-state index contributed by atoms with van der Waals surface area (Å²) in [6.45, 7) is 2.89. The first-order chi connectivity index (χ1) is 6.35. The molecule has 1 aliphatic rings. The van der Waals surface area contributed by atoms with Gasteiger partial charge in [0.1, 0.15) is 0 Å². The second-order valence-electron chi connectivity index (χ2n) is 3.37. The summed E-state index contributed by atoms with van der Waals surface area (Å²) in [5, 5.41) is 17.0. The Hall–Kier alpha value is -1.37. The number of nitriles is 1. The molecule has 1 aromatic rings. The molecule has 4 heteroatoms. The van der Waals surface area contributed by atoms with Gasteiger partial charge in [0.15, 0.2) is 0 Å². The first-order valence-electron chi connectivity index (χ1n) is 4.66. The molecule has 68 valence electrons. The normalized spacial score (nSPS) is 20.8. The lowest BCUT2D eigenvalue weighted by atomic mass is 9.91. The van der Waals surface area contributed by atoms with Crippen molar-refractivity contribution in [3.8, 4) is 6.07 Å². The molecule has 1 aromatic heterocycles. The highest BCUT2D eigenvalue weighted by Gasteiger charge is 2.22. The maximum absolute atomic E-state index is 8.82. The van der Waals surface area contributed by atoms with Gasteiger partial charge in [-0.15, -0.1) is 5.10 Å². The predicted molar refractivity (Wildman–Crippen MR) is 46.8 cm³/mol. The fourth-order valence-corrected chi connectivity index (χ4v) is 1.80. The van der Waals surface area contributed by atoms with Crippen molar-refractivity contribution in [2.45, 2.75) is 32.7 Å². The average Bonchev–Trinajstić information content (AvgIpc) is 2.59. The molecule has 4 nitrogen and oxygen atoms in total. The quantitative estimate of drug-likeness (QED) is 0.639. The first kappa shape index (κ1) is 8.24. The minimum absolute atomic E-state index is 0.163. The molecule has 0 saturated heterocycles. The van der Waals surface area contributed by atoms with Gasteiger partial charge in [0.25, 0.3) is 0 Å². The van der Waals surface area contributed by atoms with E-state index < -0.39 is 0 Å². The molecule has 0 fully saturated rings. The van der Waals surface area contributed by atoms with Crippen LogP contribution in [0.3, 0.4) is 0 Å². The maximum Gasteiger partial charge on any atom is 0.0860 e. The van der Waals surface area contributed by atoms with Gasteiger partial charge in [0, 0.05) is 13.0 Å². The van der Waals surface area contributed by atoms with Gasteiger partial charge >= 0.3 is 0 Å². The molecular formula is C9H12N4. The highest BCUT2D eigenvalue weighted by Crippen LogP contribution is 2.22. The molecule has 1 aliphatic carbocycles. The highest BCUT2D eigenvalue weighted by molar-refractivity contribution is 5.17. The molecule has 13 heavy (non-hydrogen) atoms. The minimum atomic E-state index is 0.163. The van der Waals surface area contributed by atoms with E-state index in [1.54, 1.807) is 0 Å². The van der Waals surface area contributed by atoms with Gasteiger partial charge in [-0.3, -0.25) is 0 Å². The summed E-state index contributed by atoms with van der Waals surface area (Å²) in [5.74, 6) is 0.163. The van der Waals surface area contributed by atoms with E-state index in [0.29, 0.717) is 0 Å². The van der Waals surface area contributed by atoms with Crippen molar-refractivity contribution in [2.24, 2.45) is 5.92 Å². The number of rotatable bonds is 1. The Morgan fingerprint density at radius 1 is 1.69 bits per heavy atom. The molecule has 0 bridgehead atoms. The molecule has 0 radical (unpaired) electrons. The Morgan fingerprint density at radius 3 is 3.23 bits per heavy atom. The lowest BCUT2D eigenvalue weighted by Gasteiger charge is -2.15. The zero-order chi connectivity index (χ0) is 9.26. The van der Waals surface area contributed by atoms with Crippen LogP contribution in [0.2, 0.25) is 0 Å². The van der Waals surface area contributed by atoms with Gasteiger partial charge in [-0.2, -0.15) is 5.26 Å². The predicted octanol–water partition coefficient (Wildman–Crippen LogP) is 0.926. The summed E-state index contributed by atoms with van der Waals surface area (Å²) in [5.41, 5.74) is 2.26. The van der Waals surface area contributed by atoms with Gasteiger partial charge in [-0.05, 0) is 19.8 Å². The van der Waals surface area contributed by atoms with E-state index in [1.807, 2.05) is 11.6 Å². The van der Waals surface area contributed by atoms with Crippen molar-refractivity contribution >= 4 is 0 Å². The summed E-state index contributed by atoms with van der Waals surface area (Å²) in [7, 11) is 0. The number of hydrogen-bond donors (Lipinski definition) is 0. The molecule has 1 heterocycles. The lowest BCUT2D eigenvalue weighted by molar-refractivity contribution is 0.518. The van der Waals surface area contributed by atoms with E-state index in [1.165, 1.54) is 5.69 Å². The van der Waals surface area contributed by atoms with Crippen LogP contribution in [0, 0.1) is 17.2 Å². The molecule has 0 aliphatic heterocycles. The smallest absolute Gasteiger partial charge is 0.0860 e. The van der Waals surface area contributed by atoms with Crippen LogP contribution in [0.4, 0.5) is 0 Å². The standard InChI is InChI=1S/C9H12N4/c1-2-13-9-5-7(6-10)3-4-8(9)11-12-13/h7H,2-5H2,1H3. The van der Waals surface area contributed by atoms with E-state index in [9.17, 15) is 0 Å². The molecule has 0 spiro atoms. The molecule has 0 saturated carbocycles. The molecule has 0 N–H and O–H groups in total. The summed E-state index contributed by atoms with van der Waals surface area (Å²) < 4.78 is 1.90. The third-order valence-electron chi connectivity index (χ3n) is 2.57. The Kier molecular flexibility index (Phi) is 2.01. The fourth-order valence-electron chi connectivity index (χ4n) is 1.80. The number of aryl methyl sites for hydroxylation is 2. The van der Waals surface area contributed by atoms with Crippen LogP contribution in [-0.4, -0.2) is 15.0 Å². The summed E-state index contributed by atoms with van der Waals surface area (Å²) in [6.07, 6.45) is 2.67. The number of fused-ring (bicyclic) bond motifs is 1. The average molecular weight is 176 g/mol. The molecule has 0 aromatic carbocycles. The van der Waals surface area contributed by atoms with Crippen LogP contribution in [0.25, 0.3) is 0 Å². The fraction of sp³-hybridized carbons (Fsp3) is 0.667. The van der Waals surface area contributed by atoms with E-state index in [0.717, 1.165) is 31.5 Å². The Balaban J connectivity index is 2.31. The van der Waals surface area contributed by atoms with Crippen LogP contribution >= 0.6 is 0 Å². The molecule has 1 unspecified atom stereocenters. The van der Waals surface area contributed by atoms with Crippen LogP contribution < -0.4 is 0 Å². The zero-order valence-corrected chi connectivity index (χ0v) is 7.69. The topological polar surface area (TPSA) is 54.5 Å². The largest absolute Gasteiger partial charge is 0.249 e. The van der Waals surface area contributed by atoms with Gasteiger partial charge in [0.2, 0.25) is 0 Å². The number of hydrogen-bond acceptors (Lipinski definition) is 3. The van der Waals surface area contributed by atoms with Crippen molar-refractivity contribution in [3.05, 3.63) is 11.4 Å². The second-order valence-corrected chi connectivity index (χ2v) is 3.37. The molecular weight excluding hydrogens is 164 g/mol. The van der Waals surface area contributed by atoms with Crippen molar-refractivity contribution in [1.82, 2.24) is 15.0 Å². The highest BCUT2D eigenvalue weighted by atomic mass is 15.4. The zero-order valence-electron chi connectivity index (χ0n) is 7.69. The number of aromatic nitrogens is 3. The van der Waals surface area contributed by atoms with E-state index in [4.69, 9.17) is 5.26 Å². The van der Waals surface area contributed by atoms with Crippen molar-refractivity contribution in [3.63, 3.8) is 0 Å². The third kappa shape index (κ3) is 1.31. The van der Waals surface area contributed by atoms with Gasteiger partial charge < -0.3 is 0 Å². The van der Waals surface area contributed by atoms with E-state index >= 15 is 0 Å². The molecule has 1 atom stereocenters. The Morgan fingerprint density at radius 2 is 2.54 bits per heavy atom. The monoisotopic (exact) mass is 176 g/mol. The van der Waals surface area contributed by atoms with E-state index in [2.05, 4.69) is 16.4 Å². The van der Waals surface area contributed by atoms with E-state index in [-0.39, 0.29) is 5.92 Å². The number of nitrogens with zero attached hydrogens (tertiary/aromatic N) is 4. The van der Waals surface area contributed by atoms with Gasteiger partial charge in [-0.1, -0.05) is 5.21 Å². The van der Waals surface area contributed by atoms with Crippen molar-refractivity contribution < 1.29 is 0 Å². The molecule has 0 amide bonds. The summed E-state index contributed by atoms with van der Waals surface area (Å²) >= 11 is 0. The molecule has 2 rings (SSSR count). The second kappa shape index (κ2) is 3.17. The van der Waals surface area contributed by atoms with Gasteiger partial charge in [-0.25, -0.2) is 4.68 Å². The van der Waals surface area contributed by atoms with Crippen molar-refractivity contribution in [2.75, 3.05) is 0 Å². The summed E-state index contributed by atoms with van der Waals surface area (Å²) in [6, 6.07) is 2.32. The Labute approximate surface area is 77.2 Å². The first-order valence-corrected chi connectivity index (χ1v) is 4.66. The summed E-state index contributed by atoms with van der Waals surface area (Å²) in [4.78, 5) is 0. The Bertz CT molecular complexity index is 333. The lowest BCUT2D eigenvalue weighted by Crippen LogP contribution is -2.15. The van der Waals surface area contributed by atoms with Crippen LogP contribution in [0.5, 0.6) is 0 Å². The minimum Gasteiger partial charge on any atom is -0.249 e. The van der Waals surface area contributed by atoms with Gasteiger partial charge in [0.05, 0.1) is 23.4 Å². The van der Waals surface area contributed by atoms with Crippen LogP contribution in [-0.2, 0) is 19.4 Å². The third-order valence-corrected chi connectivity index (χ3v) is 2.57. The maximum atomic E-state index is 8.82.